The van der Waals surface area contributed by atoms with E-state index in [1.807, 2.05) is 30.3 Å². The molecule has 3 aromatic carbocycles. The highest BCUT2D eigenvalue weighted by Crippen LogP contribution is 2.39. The second kappa shape index (κ2) is 8.69. The van der Waals surface area contributed by atoms with Gasteiger partial charge in [-0.1, -0.05) is 48.5 Å². The van der Waals surface area contributed by atoms with Gasteiger partial charge in [0.2, 0.25) is 6.79 Å². The van der Waals surface area contributed by atoms with E-state index in [1.165, 1.54) is 0 Å². The highest BCUT2D eigenvalue weighted by atomic mass is 16.7. The van der Waals surface area contributed by atoms with Crippen molar-refractivity contribution in [1.29, 1.82) is 0 Å². The van der Waals surface area contributed by atoms with Gasteiger partial charge in [-0.3, -0.25) is 4.79 Å². The summed E-state index contributed by atoms with van der Waals surface area (Å²) in [5.74, 6) is -1.31. The van der Waals surface area contributed by atoms with E-state index in [0.717, 1.165) is 5.56 Å². The molecule has 1 aliphatic rings. The first-order valence-electron chi connectivity index (χ1n) is 9.50. The lowest BCUT2D eigenvalue weighted by Gasteiger charge is -2.20. The lowest BCUT2D eigenvalue weighted by Crippen LogP contribution is -2.21. The van der Waals surface area contributed by atoms with Crippen LogP contribution in [0, 0.1) is 0 Å². The third kappa shape index (κ3) is 4.12. The summed E-state index contributed by atoms with van der Waals surface area (Å²) in [6, 6.07) is 21.6. The lowest BCUT2D eigenvalue weighted by molar-refractivity contribution is -0.140. The van der Waals surface area contributed by atoms with Crippen LogP contribution in [0.1, 0.15) is 28.5 Å². The van der Waals surface area contributed by atoms with Crippen molar-refractivity contribution < 1.29 is 28.9 Å². The van der Waals surface area contributed by atoms with Gasteiger partial charge < -0.3 is 24.1 Å². The summed E-state index contributed by atoms with van der Waals surface area (Å²) in [6.45, 7) is 0.518. The van der Waals surface area contributed by atoms with Gasteiger partial charge >= 0.3 is 5.97 Å². The Hall–Kier alpha value is -3.80. The maximum atomic E-state index is 12.0. The van der Waals surface area contributed by atoms with Crippen molar-refractivity contribution >= 4 is 12.3 Å². The van der Waals surface area contributed by atoms with Crippen LogP contribution in [0.5, 0.6) is 17.2 Å². The van der Waals surface area contributed by atoms with Gasteiger partial charge in [0.25, 0.3) is 0 Å². The van der Waals surface area contributed by atoms with Gasteiger partial charge in [0.15, 0.2) is 11.5 Å². The summed E-state index contributed by atoms with van der Waals surface area (Å²) in [7, 11) is 0. The Bertz CT molecular complexity index is 1030. The smallest absolute Gasteiger partial charge is 0.312 e. The molecule has 0 amide bonds. The standard InChI is InChI=1S/C24H20O6/c25-13-20(23(24(26)27)18-8-11-21-22(12-18)30-15-29-21)17-6-9-19(10-7-17)28-14-16-4-2-1-3-5-16/h1-13,20,23H,14-15H2,(H,26,27). The Balaban J connectivity index is 1.54. The molecule has 4 rings (SSSR count). The molecule has 30 heavy (non-hydrogen) atoms. The first kappa shape index (κ1) is 19.5. The highest BCUT2D eigenvalue weighted by Gasteiger charge is 2.32. The SMILES string of the molecule is O=CC(c1ccc(OCc2ccccc2)cc1)C(C(=O)O)c1ccc2c(c1)OCO2. The minimum atomic E-state index is -1.09. The van der Waals surface area contributed by atoms with Gasteiger partial charge in [-0.05, 0) is 41.0 Å². The molecule has 1 N–H and O–H groups in total. The Labute approximate surface area is 173 Å². The van der Waals surface area contributed by atoms with E-state index in [2.05, 4.69) is 0 Å². The molecule has 0 saturated heterocycles. The first-order chi connectivity index (χ1) is 14.7. The molecule has 0 aliphatic carbocycles. The number of ether oxygens (including phenoxy) is 3. The normalized spacial score (nSPS) is 14.0. The van der Waals surface area contributed by atoms with Crippen LogP contribution in [0.3, 0.4) is 0 Å². The second-order valence-corrected chi connectivity index (χ2v) is 6.93. The number of aliphatic carboxylic acids is 1. The molecule has 0 fully saturated rings. The number of carboxylic acids is 1. The molecule has 1 aliphatic heterocycles. The van der Waals surface area contributed by atoms with Crippen LogP contribution >= 0.6 is 0 Å². The third-order valence-corrected chi connectivity index (χ3v) is 5.04. The van der Waals surface area contributed by atoms with E-state index in [0.29, 0.717) is 41.3 Å². The van der Waals surface area contributed by atoms with Crippen LogP contribution in [0.4, 0.5) is 0 Å². The first-order valence-corrected chi connectivity index (χ1v) is 9.50. The molecule has 6 heteroatoms. The predicted octanol–water partition coefficient (Wildman–Crippen LogP) is 4.15. The van der Waals surface area contributed by atoms with Crippen LogP contribution in [-0.2, 0) is 16.2 Å². The summed E-state index contributed by atoms with van der Waals surface area (Å²) in [6.07, 6.45) is 0.670. The van der Waals surface area contributed by atoms with E-state index < -0.39 is 17.8 Å². The molecule has 0 aromatic heterocycles. The van der Waals surface area contributed by atoms with Gasteiger partial charge in [0.05, 0.1) is 11.8 Å². The summed E-state index contributed by atoms with van der Waals surface area (Å²) in [5.41, 5.74) is 2.12. The predicted molar refractivity (Wildman–Crippen MR) is 109 cm³/mol. The van der Waals surface area contributed by atoms with E-state index in [9.17, 15) is 14.7 Å². The average molecular weight is 404 g/mol. The Morgan fingerprint density at radius 1 is 0.967 bits per heavy atom. The minimum absolute atomic E-state index is 0.0953. The van der Waals surface area contributed by atoms with Gasteiger partial charge in [-0.2, -0.15) is 0 Å². The quantitative estimate of drug-likeness (QED) is 0.568. The Morgan fingerprint density at radius 2 is 1.67 bits per heavy atom. The van der Waals surface area contributed by atoms with Crippen molar-refractivity contribution in [2.75, 3.05) is 6.79 Å². The minimum Gasteiger partial charge on any atom is -0.489 e. The van der Waals surface area contributed by atoms with Gasteiger partial charge in [-0.25, -0.2) is 0 Å². The molecular formula is C24H20O6. The maximum absolute atomic E-state index is 12.0. The van der Waals surface area contributed by atoms with E-state index in [4.69, 9.17) is 14.2 Å². The number of carboxylic acid groups (broad SMARTS) is 1. The van der Waals surface area contributed by atoms with Crippen molar-refractivity contribution in [2.45, 2.75) is 18.4 Å². The Morgan fingerprint density at radius 3 is 2.37 bits per heavy atom. The van der Waals surface area contributed by atoms with Crippen LogP contribution in [0.25, 0.3) is 0 Å². The molecule has 152 valence electrons. The van der Waals surface area contributed by atoms with Gasteiger partial charge in [0.1, 0.15) is 18.6 Å². The lowest BCUT2D eigenvalue weighted by atomic mass is 9.82. The Kier molecular flexibility index (Phi) is 5.66. The summed E-state index contributed by atoms with van der Waals surface area (Å²) in [5, 5.41) is 9.85. The van der Waals surface area contributed by atoms with Crippen LogP contribution in [0.15, 0.2) is 72.8 Å². The number of carbonyl (C=O) groups excluding carboxylic acids is 1. The molecule has 0 bridgehead atoms. The van der Waals surface area contributed by atoms with E-state index in [-0.39, 0.29) is 6.79 Å². The van der Waals surface area contributed by atoms with Crippen LogP contribution < -0.4 is 14.2 Å². The monoisotopic (exact) mass is 404 g/mol. The molecule has 0 saturated carbocycles. The van der Waals surface area contributed by atoms with E-state index >= 15 is 0 Å². The third-order valence-electron chi connectivity index (χ3n) is 5.04. The molecule has 6 nitrogen and oxygen atoms in total. The molecule has 1 heterocycles. The average Bonchev–Trinajstić information content (AvgIpc) is 3.25. The molecule has 0 spiro atoms. The molecule has 0 radical (unpaired) electrons. The molecule has 2 atom stereocenters. The number of aldehydes is 1. The fraction of sp³-hybridized carbons (Fsp3) is 0.167. The van der Waals surface area contributed by atoms with E-state index in [1.54, 1.807) is 42.5 Å². The summed E-state index contributed by atoms with van der Waals surface area (Å²) in [4.78, 5) is 23.9. The van der Waals surface area contributed by atoms with Crippen molar-refractivity contribution in [2.24, 2.45) is 0 Å². The molecule has 2 unspecified atom stereocenters. The zero-order valence-corrected chi connectivity index (χ0v) is 16.1. The summed E-state index contributed by atoms with van der Waals surface area (Å²) >= 11 is 0. The number of carbonyl (C=O) groups is 2. The number of benzene rings is 3. The fourth-order valence-corrected chi connectivity index (χ4v) is 3.49. The highest BCUT2D eigenvalue weighted by molar-refractivity contribution is 5.84. The molecule has 3 aromatic rings. The van der Waals surface area contributed by atoms with Crippen LogP contribution in [0.2, 0.25) is 0 Å². The molecular weight excluding hydrogens is 384 g/mol. The number of rotatable bonds is 8. The zero-order chi connectivity index (χ0) is 20.9. The van der Waals surface area contributed by atoms with Crippen molar-refractivity contribution in [3.05, 3.63) is 89.5 Å². The topological polar surface area (TPSA) is 82.1 Å². The van der Waals surface area contributed by atoms with Crippen molar-refractivity contribution in [3.63, 3.8) is 0 Å². The number of hydrogen-bond acceptors (Lipinski definition) is 5. The van der Waals surface area contributed by atoms with Crippen molar-refractivity contribution in [1.82, 2.24) is 0 Å². The van der Waals surface area contributed by atoms with Crippen molar-refractivity contribution in [3.8, 4) is 17.2 Å². The largest absolute Gasteiger partial charge is 0.489 e. The second-order valence-electron chi connectivity index (χ2n) is 6.93. The maximum Gasteiger partial charge on any atom is 0.312 e. The van der Waals surface area contributed by atoms with Crippen LogP contribution in [-0.4, -0.2) is 24.2 Å². The summed E-state index contributed by atoms with van der Waals surface area (Å²) < 4.78 is 16.4. The number of fused-ring (bicyclic) bond motifs is 1. The number of hydrogen-bond donors (Lipinski definition) is 1. The zero-order valence-electron chi connectivity index (χ0n) is 16.1. The van der Waals surface area contributed by atoms with Gasteiger partial charge in [0, 0.05) is 0 Å². The fourth-order valence-electron chi connectivity index (χ4n) is 3.49. The van der Waals surface area contributed by atoms with Gasteiger partial charge in [-0.15, -0.1) is 0 Å².